The van der Waals surface area contributed by atoms with Crippen LogP contribution in [0.4, 0.5) is 0 Å². The van der Waals surface area contributed by atoms with Crippen LogP contribution >= 0.6 is 0 Å². The topological polar surface area (TPSA) is 108 Å². The maximum absolute atomic E-state index is 12.9. The standard InChI is InChI=1S/C24H33N3O5/c1-24(2,31)11-12-25-18-5-3-4-6-20(18)32-16-7-8-17-15(13-16)14-27(23(17)30)19-9-10-21(28)26-22(19)29/h7-8,13,18-20,25,31H,3-6,9-12,14H2,1-2H3,(H,26,28,29)/t18-,19?,20-/m0/s1. The fraction of sp³-hybridized carbons (Fsp3) is 0.625. The first-order valence-corrected chi connectivity index (χ1v) is 11.6. The van der Waals surface area contributed by atoms with Gasteiger partial charge in [0.05, 0.1) is 5.60 Å². The number of amides is 3. The summed E-state index contributed by atoms with van der Waals surface area (Å²) in [5, 5.41) is 15.8. The van der Waals surface area contributed by atoms with Crippen molar-refractivity contribution in [1.82, 2.24) is 15.5 Å². The Bertz CT molecular complexity index is 894. The number of carbonyl (C=O) groups excluding carboxylic acids is 3. The number of hydrogen-bond acceptors (Lipinski definition) is 6. The molecule has 3 N–H and O–H groups in total. The average Bonchev–Trinajstić information content (AvgIpc) is 3.04. The third kappa shape index (κ3) is 5.13. The molecule has 32 heavy (non-hydrogen) atoms. The molecule has 0 bridgehead atoms. The van der Waals surface area contributed by atoms with Crippen LogP contribution in [-0.2, 0) is 16.1 Å². The average molecular weight is 444 g/mol. The number of imide groups is 1. The molecule has 4 rings (SSSR count). The summed E-state index contributed by atoms with van der Waals surface area (Å²) in [6.45, 7) is 4.70. The van der Waals surface area contributed by atoms with Gasteiger partial charge in [-0.15, -0.1) is 0 Å². The highest BCUT2D eigenvalue weighted by Crippen LogP contribution is 2.32. The second kappa shape index (κ2) is 9.19. The summed E-state index contributed by atoms with van der Waals surface area (Å²) < 4.78 is 6.35. The van der Waals surface area contributed by atoms with Gasteiger partial charge in [-0.1, -0.05) is 6.42 Å². The lowest BCUT2D eigenvalue weighted by Gasteiger charge is -2.33. The van der Waals surface area contributed by atoms with Crippen molar-refractivity contribution in [3.63, 3.8) is 0 Å². The second-order valence-electron chi connectivity index (χ2n) is 9.78. The molecule has 1 unspecified atom stereocenters. The predicted octanol–water partition coefficient (Wildman–Crippen LogP) is 1.89. The van der Waals surface area contributed by atoms with Gasteiger partial charge < -0.3 is 20.1 Å². The van der Waals surface area contributed by atoms with E-state index in [9.17, 15) is 19.5 Å². The fourth-order valence-corrected chi connectivity index (χ4v) is 4.83. The first-order chi connectivity index (χ1) is 15.2. The van der Waals surface area contributed by atoms with Crippen LogP contribution in [0.3, 0.4) is 0 Å². The van der Waals surface area contributed by atoms with Crippen molar-refractivity contribution in [2.75, 3.05) is 6.54 Å². The van der Waals surface area contributed by atoms with Crippen molar-refractivity contribution in [1.29, 1.82) is 0 Å². The lowest BCUT2D eigenvalue weighted by atomic mass is 9.92. The molecule has 174 valence electrons. The van der Waals surface area contributed by atoms with E-state index in [1.54, 1.807) is 11.0 Å². The summed E-state index contributed by atoms with van der Waals surface area (Å²) in [6.07, 6.45) is 5.56. The molecule has 0 spiro atoms. The molecular formula is C24H33N3O5. The Balaban J connectivity index is 1.41. The van der Waals surface area contributed by atoms with E-state index in [1.807, 2.05) is 26.0 Å². The molecule has 1 aliphatic carbocycles. The normalized spacial score (nSPS) is 26.2. The number of fused-ring (bicyclic) bond motifs is 1. The zero-order valence-corrected chi connectivity index (χ0v) is 18.9. The van der Waals surface area contributed by atoms with E-state index in [4.69, 9.17) is 4.74 Å². The van der Waals surface area contributed by atoms with Gasteiger partial charge in [0.25, 0.3) is 5.91 Å². The molecule has 1 aromatic carbocycles. The van der Waals surface area contributed by atoms with Crippen molar-refractivity contribution in [2.24, 2.45) is 0 Å². The van der Waals surface area contributed by atoms with Crippen molar-refractivity contribution >= 4 is 17.7 Å². The molecule has 3 aliphatic rings. The van der Waals surface area contributed by atoms with Gasteiger partial charge in [-0.05, 0) is 76.3 Å². The minimum absolute atomic E-state index is 0.0342. The number of nitrogens with zero attached hydrogens (tertiary/aromatic N) is 1. The van der Waals surface area contributed by atoms with Gasteiger partial charge in [-0.3, -0.25) is 19.7 Å². The molecule has 3 amide bonds. The van der Waals surface area contributed by atoms with Crippen LogP contribution in [-0.4, -0.2) is 58.1 Å². The number of aliphatic hydroxyl groups is 1. The van der Waals surface area contributed by atoms with Crippen LogP contribution in [0.1, 0.15) is 74.7 Å². The minimum atomic E-state index is -0.695. The Kier molecular flexibility index (Phi) is 6.53. The highest BCUT2D eigenvalue weighted by molar-refractivity contribution is 6.05. The van der Waals surface area contributed by atoms with Crippen LogP contribution in [0.15, 0.2) is 18.2 Å². The molecule has 0 radical (unpaired) electrons. The van der Waals surface area contributed by atoms with Crippen molar-refractivity contribution < 1.29 is 24.2 Å². The maximum atomic E-state index is 12.9. The monoisotopic (exact) mass is 443 g/mol. The van der Waals surface area contributed by atoms with Gasteiger partial charge >= 0.3 is 0 Å². The van der Waals surface area contributed by atoms with Gasteiger partial charge in [-0.25, -0.2) is 0 Å². The molecule has 1 saturated carbocycles. The quantitative estimate of drug-likeness (QED) is 0.556. The highest BCUT2D eigenvalue weighted by Gasteiger charge is 2.39. The lowest BCUT2D eigenvalue weighted by molar-refractivity contribution is -0.136. The molecule has 2 aliphatic heterocycles. The van der Waals surface area contributed by atoms with Crippen LogP contribution in [0.2, 0.25) is 0 Å². The Hall–Kier alpha value is -2.45. The summed E-state index contributed by atoms with van der Waals surface area (Å²) in [5.41, 5.74) is 0.740. The van der Waals surface area contributed by atoms with E-state index >= 15 is 0 Å². The Morgan fingerprint density at radius 3 is 2.72 bits per heavy atom. The Morgan fingerprint density at radius 1 is 1.19 bits per heavy atom. The molecule has 8 heteroatoms. The smallest absolute Gasteiger partial charge is 0.255 e. The summed E-state index contributed by atoms with van der Waals surface area (Å²) >= 11 is 0. The van der Waals surface area contributed by atoms with Crippen molar-refractivity contribution in [3.8, 4) is 5.75 Å². The summed E-state index contributed by atoms with van der Waals surface area (Å²) in [7, 11) is 0. The number of rotatable bonds is 7. The van der Waals surface area contributed by atoms with Gasteiger partial charge in [-0.2, -0.15) is 0 Å². The van der Waals surface area contributed by atoms with E-state index < -0.39 is 17.6 Å². The van der Waals surface area contributed by atoms with Gasteiger partial charge in [0.15, 0.2) is 0 Å². The molecule has 3 atom stereocenters. The SMILES string of the molecule is CC(C)(O)CCN[C@H]1CCCC[C@@H]1Oc1ccc2c(c1)CN(C1CCC(=O)NC1=O)C2=O. The van der Waals surface area contributed by atoms with Crippen LogP contribution in [0.25, 0.3) is 0 Å². The second-order valence-corrected chi connectivity index (χ2v) is 9.78. The summed E-state index contributed by atoms with van der Waals surface area (Å²) in [6, 6.07) is 5.12. The van der Waals surface area contributed by atoms with Crippen LogP contribution in [0, 0.1) is 0 Å². The minimum Gasteiger partial charge on any atom is -0.489 e. The molecular weight excluding hydrogens is 410 g/mol. The summed E-state index contributed by atoms with van der Waals surface area (Å²) in [4.78, 5) is 38.1. The lowest BCUT2D eigenvalue weighted by Crippen LogP contribution is -2.52. The first kappa shape index (κ1) is 22.7. The number of ether oxygens (including phenoxy) is 1. The Morgan fingerprint density at radius 2 is 1.97 bits per heavy atom. The number of benzene rings is 1. The van der Waals surface area contributed by atoms with E-state index in [0.717, 1.165) is 43.5 Å². The molecule has 0 aromatic heterocycles. The third-order valence-corrected chi connectivity index (χ3v) is 6.63. The third-order valence-electron chi connectivity index (χ3n) is 6.63. The molecule has 1 saturated heterocycles. The van der Waals surface area contributed by atoms with Gasteiger partial charge in [0.2, 0.25) is 11.8 Å². The fourth-order valence-electron chi connectivity index (χ4n) is 4.83. The van der Waals surface area contributed by atoms with Crippen molar-refractivity contribution in [2.45, 2.75) is 89.1 Å². The van der Waals surface area contributed by atoms with E-state index in [-0.39, 0.29) is 30.4 Å². The molecule has 2 heterocycles. The van der Waals surface area contributed by atoms with Gasteiger partial charge in [0.1, 0.15) is 17.9 Å². The largest absolute Gasteiger partial charge is 0.489 e. The summed E-state index contributed by atoms with van der Waals surface area (Å²) in [5.74, 6) is -0.141. The van der Waals surface area contributed by atoms with E-state index in [1.165, 1.54) is 0 Å². The molecule has 2 fully saturated rings. The highest BCUT2D eigenvalue weighted by atomic mass is 16.5. The number of carbonyl (C=O) groups is 3. The van der Waals surface area contributed by atoms with E-state index in [2.05, 4.69) is 10.6 Å². The Labute approximate surface area is 188 Å². The molecule has 1 aromatic rings. The number of nitrogens with one attached hydrogen (secondary N) is 2. The van der Waals surface area contributed by atoms with Crippen LogP contribution in [0.5, 0.6) is 5.75 Å². The zero-order chi connectivity index (χ0) is 22.9. The number of piperidine rings is 1. The maximum Gasteiger partial charge on any atom is 0.255 e. The van der Waals surface area contributed by atoms with E-state index in [0.29, 0.717) is 24.9 Å². The zero-order valence-electron chi connectivity index (χ0n) is 18.9. The predicted molar refractivity (Wildman–Crippen MR) is 118 cm³/mol. The van der Waals surface area contributed by atoms with Crippen molar-refractivity contribution in [3.05, 3.63) is 29.3 Å². The van der Waals surface area contributed by atoms with Crippen LogP contribution < -0.4 is 15.4 Å². The first-order valence-electron chi connectivity index (χ1n) is 11.6. The molecule has 8 nitrogen and oxygen atoms in total. The number of hydrogen-bond donors (Lipinski definition) is 3. The van der Waals surface area contributed by atoms with Gasteiger partial charge in [0, 0.05) is 24.6 Å².